The second kappa shape index (κ2) is 12.0. The van der Waals surface area contributed by atoms with Crippen LogP contribution >= 0.6 is 0 Å². The van der Waals surface area contributed by atoms with Gasteiger partial charge in [-0.1, -0.05) is 50.2 Å². The van der Waals surface area contributed by atoms with Crippen molar-refractivity contribution in [2.45, 2.75) is 20.8 Å². The fraction of sp³-hybridized carbons (Fsp3) is 0.393. The van der Waals surface area contributed by atoms with E-state index >= 15 is 0 Å². The number of ether oxygens (including phenoxy) is 3. The molecule has 2 aromatic carbocycles. The number of rotatable bonds is 10. The molecule has 0 saturated carbocycles. The van der Waals surface area contributed by atoms with Crippen molar-refractivity contribution in [2.75, 3.05) is 46.1 Å². The van der Waals surface area contributed by atoms with Gasteiger partial charge in [-0.25, -0.2) is 9.48 Å². The van der Waals surface area contributed by atoms with Crippen LogP contribution in [0.4, 0.5) is 0 Å². The number of morpholine rings is 1. The molecular formula is C28H33N3O5. The average molecular weight is 492 g/mol. The van der Waals surface area contributed by atoms with Crippen LogP contribution in [0.15, 0.2) is 54.7 Å². The van der Waals surface area contributed by atoms with Gasteiger partial charge in [0.15, 0.2) is 5.78 Å². The van der Waals surface area contributed by atoms with Crippen molar-refractivity contribution in [2.24, 2.45) is 5.92 Å². The molecule has 1 saturated heterocycles. The summed E-state index contributed by atoms with van der Waals surface area (Å²) >= 11 is 0. The first-order valence-electron chi connectivity index (χ1n) is 12.4. The van der Waals surface area contributed by atoms with E-state index in [2.05, 4.69) is 10.00 Å². The molecule has 0 aliphatic carbocycles. The molecule has 0 atom stereocenters. The average Bonchev–Trinajstić information content (AvgIpc) is 3.33. The lowest BCUT2D eigenvalue weighted by atomic mass is 9.92. The number of benzene rings is 2. The number of ketones is 1. The normalized spacial score (nSPS) is 14.1. The first-order valence-corrected chi connectivity index (χ1v) is 12.4. The molecule has 8 nitrogen and oxygen atoms in total. The molecule has 36 heavy (non-hydrogen) atoms. The maximum Gasteiger partial charge on any atom is 0.345 e. The number of aromatic nitrogens is 2. The predicted octanol–water partition coefficient (Wildman–Crippen LogP) is 4.27. The van der Waals surface area contributed by atoms with Gasteiger partial charge in [0.05, 0.1) is 31.7 Å². The lowest BCUT2D eigenvalue weighted by Gasteiger charge is -2.26. The summed E-state index contributed by atoms with van der Waals surface area (Å²) in [5, 5.41) is 4.43. The molecule has 0 unspecified atom stereocenters. The molecular weight excluding hydrogens is 458 g/mol. The van der Waals surface area contributed by atoms with Crippen LogP contribution in [-0.4, -0.2) is 72.5 Å². The Morgan fingerprint density at radius 3 is 2.44 bits per heavy atom. The van der Waals surface area contributed by atoms with Gasteiger partial charge in [0.25, 0.3) is 0 Å². The van der Waals surface area contributed by atoms with E-state index < -0.39 is 5.97 Å². The van der Waals surface area contributed by atoms with Crippen LogP contribution in [0.5, 0.6) is 5.88 Å². The molecule has 1 fully saturated rings. The highest BCUT2D eigenvalue weighted by atomic mass is 16.5. The summed E-state index contributed by atoms with van der Waals surface area (Å²) in [4.78, 5) is 27.5. The van der Waals surface area contributed by atoms with Crippen molar-refractivity contribution in [1.29, 1.82) is 0 Å². The molecule has 1 aromatic heterocycles. The third-order valence-electron chi connectivity index (χ3n) is 6.11. The lowest BCUT2D eigenvalue weighted by molar-refractivity contribution is 0.0316. The Labute approximate surface area is 211 Å². The summed E-state index contributed by atoms with van der Waals surface area (Å²) in [5.41, 5.74) is 3.54. The number of hydrogen-bond donors (Lipinski definition) is 0. The maximum atomic E-state index is 12.7. The van der Waals surface area contributed by atoms with Crippen molar-refractivity contribution in [3.05, 3.63) is 65.9 Å². The highest BCUT2D eigenvalue weighted by molar-refractivity contribution is 6.03. The second-order valence-electron chi connectivity index (χ2n) is 8.91. The standard InChI is InChI=1S/C28H33N3O5/c1-4-35-28(33)25-19-29-31(27(25)36-18-15-30-13-16-34-17-14-30)22-11-9-21(10-12-22)23-7-5-6-8-24(23)26(32)20(2)3/h5-12,19-20H,4,13-18H2,1-3H3. The van der Waals surface area contributed by atoms with Crippen molar-refractivity contribution >= 4 is 11.8 Å². The first kappa shape index (κ1) is 25.6. The second-order valence-corrected chi connectivity index (χ2v) is 8.91. The minimum Gasteiger partial charge on any atom is -0.476 e. The number of hydrogen-bond acceptors (Lipinski definition) is 7. The van der Waals surface area contributed by atoms with E-state index in [0.717, 1.165) is 36.4 Å². The quantitative estimate of drug-likeness (QED) is 0.309. The molecule has 4 rings (SSSR count). The smallest absolute Gasteiger partial charge is 0.345 e. The van der Waals surface area contributed by atoms with Gasteiger partial charge in [-0.15, -0.1) is 0 Å². The van der Waals surface area contributed by atoms with Crippen LogP contribution in [0.1, 0.15) is 41.5 Å². The summed E-state index contributed by atoms with van der Waals surface area (Å²) in [6.45, 7) is 10.1. The highest BCUT2D eigenvalue weighted by Gasteiger charge is 2.22. The van der Waals surface area contributed by atoms with Crippen molar-refractivity contribution in [3.63, 3.8) is 0 Å². The molecule has 0 bridgehead atoms. The molecule has 3 aromatic rings. The van der Waals surface area contributed by atoms with Crippen molar-refractivity contribution in [1.82, 2.24) is 14.7 Å². The fourth-order valence-electron chi connectivity index (χ4n) is 4.15. The van der Waals surface area contributed by atoms with E-state index in [9.17, 15) is 9.59 Å². The topological polar surface area (TPSA) is 82.9 Å². The summed E-state index contributed by atoms with van der Waals surface area (Å²) < 4.78 is 18.3. The largest absolute Gasteiger partial charge is 0.476 e. The summed E-state index contributed by atoms with van der Waals surface area (Å²) in [6, 6.07) is 15.3. The zero-order valence-electron chi connectivity index (χ0n) is 21.1. The maximum absolute atomic E-state index is 12.7. The molecule has 0 N–H and O–H groups in total. The first-order chi connectivity index (χ1) is 17.5. The Hall–Kier alpha value is -3.49. The predicted molar refractivity (Wildman–Crippen MR) is 137 cm³/mol. The van der Waals surface area contributed by atoms with Crippen LogP contribution in [0.25, 0.3) is 16.8 Å². The van der Waals surface area contributed by atoms with E-state index in [1.807, 2.05) is 62.4 Å². The number of nitrogens with zero attached hydrogens (tertiary/aromatic N) is 3. The zero-order chi connectivity index (χ0) is 25.5. The van der Waals surface area contributed by atoms with Crippen LogP contribution in [0.2, 0.25) is 0 Å². The molecule has 2 heterocycles. The van der Waals surface area contributed by atoms with Gasteiger partial charge in [0.2, 0.25) is 5.88 Å². The highest BCUT2D eigenvalue weighted by Crippen LogP contribution is 2.29. The molecule has 190 valence electrons. The Morgan fingerprint density at radius 1 is 1.03 bits per heavy atom. The molecule has 0 spiro atoms. The van der Waals surface area contributed by atoms with E-state index in [1.165, 1.54) is 6.20 Å². The van der Waals surface area contributed by atoms with Gasteiger partial charge in [-0.05, 0) is 30.2 Å². The van der Waals surface area contributed by atoms with Crippen molar-refractivity contribution in [3.8, 4) is 22.7 Å². The van der Waals surface area contributed by atoms with E-state index in [-0.39, 0.29) is 23.9 Å². The number of Topliss-reactive ketones (excluding diaryl/α,β-unsaturated/α-hetero) is 1. The minimum absolute atomic E-state index is 0.0898. The van der Waals surface area contributed by atoms with Crippen LogP contribution in [-0.2, 0) is 9.47 Å². The van der Waals surface area contributed by atoms with Gasteiger partial charge in [0.1, 0.15) is 12.2 Å². The van der Waals surface area contributed by atoms with Gasteiger partial charge in [0, 0.05) is 31.1 Å². The van der Waals surface area contributed by atoms with Gasteiger partial charge >= 0.3 is 5.97 Å². The Balaban J connectivity index is 1.59. The number of carbonyl (C=O) groups excluding carboxylic acids is 2. The summed E-state index contributed by atoms with van der Waals surface area (Å²) in [7, 11) is 0. The Kier molecular flexibility index (Phi) is 8.51. The fourth-order valence-corrected chi connectivity index (χ4v) is 4.15. The van der Waals surface area contributed by atoms with E-state index in [1.54, 1.807) is 11.6 Å². The number of esters is 1. The van der Waals surface area contributed by atoms with Crippen LogP contribution in [0, 0.1) is 5.92 Å². The van der Waals surface area contributed by atoms with E-state index in [4.69, 9.17) is 14.2 Å². The third-order valence-corrected chi connectivity index (χ3v) is 6.11. The Morgan fingerprint density at radius 2 is 1.75 bits per heavy atom. The monoisotopic (exact) mass is 491 g/mol. The van der Waals surface area contributed by atoms with Crippen molar-refractivity contribution < 1.29 is 23.8 Å². The van der Waals surface area contributed by atoms with Gasteiger partial charge < -0.3 is 14.2 Å². The summed E-state index contributed by atoms with van der Waals surface area (Å²) in [5.74, 6) is -0.0996. The molecule has 0 amide bonds. The molecule has 1 aliphatic rings. The van der Waals surface area contributed by atoms with Crippen LogP contribution < -0.4 is 4.74 Å². The SMILES string of the molecule is CCOC(=O)c1cnn(-c2ccc(-c3ccccc3C(=O)C(C)C)cc2)c1OCCN1CCOCC1. The summed E-state index contributed by atoms with van der Waals surface area (Å²) in [6.07, 6.45) is 1.48. The lowest BCUT2D eigenvalue weighted by Crippen LogP contribution is -2.38. The molecule has 0 radical (unpaired) electrons. The molecule has 8 heteroatoms. The third kappa shape index (κ3) is 5.83. The number of carbonyl (C=O) groups is 2. The Bertz CT molecular complexity index is 1180. The zero-order valence-corrected chi connectivity index (χ0v) is 21.1. The van der Waals surface area contributed by atoms with E-state index in [0.29, 0.717) is 31.3 Å². The molecule has 1 aliphatic heterocycles. The van der Waals surface area contributed by atoms with Crippen LogP contribution in [0.3, 0.4) is 0 Å². The van der Waals surface area contributed by atoms with Gasteiger partial charge in [-0.2, -0.15) is 5.10 Å². The minimum atomic E-state index is -0.470. The van der Waals surface area contributed by atoms with Gasteiger partial charge in [-0.3, -0.25) is 9.69 Å².